The highest BCUT2D eigenvalue weighted by Gasteiger charge is 2.44. The Kier molecular flexibility index (Phi) is 4.38. The van der Waals surface area contributed by atoms with E-state index in [0.29, 0.717) is 6.42 Å². The van der Waals surface area contributed by atoms with E-state index < -0.39 is 5.60 Å². The van der Waals surface area contributed by atoms with Gasteiger partial charge in [-0.3, -0.25) is 0 Å². The molecule has 1 aliphatic heterocycles. The standard InChI is InChI=1S/C17H20O3/c1-3-7-15(12-13(2)18)17(11-10-16(19)20-17)14-8-5-4-6-9-14/h4-6,8-11,15H,3,7,12H2,1-2H3/t15-,17-/m1/s1. The average Bonchev–Trinajstić information content (AvgIpc) is 2.82. The minimum Gasteiger partial charge on any atom is -0.446 e. The number of rotatable bonds is 6. The zero-order valence-electron chi connectivity index (χ0n) is 12.0. The third-order valence-corrected chi connectivity index (χ3v) is 3.74. The third kappa shape index (κ3) is 2.82. The lowest BCUT2D eigenvalue weighted by atomic mass is 9.76. The van der Waals surface area contributed by atoms with Gasteiger partial charge in [0.15, 0.2) is 5.60 Å². The van der Waals surface area contributed by atoms with Crippen molar-refractivity contribution in [2.45, 2.75) is 38.7 Å². The first-order valence-electron chi connectivity index (χ1n) is 7.05. The van der Waals surface area contributed by atoms with E-state index in [1.807, 2.05) is 36.4 Å². The predicted octanol–water partition coefficient (Wildman–Crippen LogP) is 3.39. The van der Waals surface area contributed by atoms with Gasteiger partial charge in [-0.05, 0) is 25.0 Å². The molecule has 3 nitrogen and oxygen atoms in total. The molecule has 0 amide bonds. The summed E-state index contributed by atoms with van der Waals surface area (Å²) in [5, 5.41) is 0. The second kappa shape index (κ2) is 6.04. The van der Waals surface area contributed by atoms with Gasteiger partial charge in [-0.1, -0.05) is 43.7 Å². The fourth-order valence-corrected chi connectivity index (χ4v) is 2.90. The number of cyclic esters (lactones) is 1. The topological polar surface area (TPSA) is 43.4 Å². The highest BCUT2D eigenvalue weighted by Crippen LogP contribution is 2.42. The number of hydrogen-bond acceptors (Lipinski definition) is 3. The molecule has 0 saturated carbocycles. The van der Waals surface area contributed by atoms with Gasteiger partial charge in [0.25, 0.3) is 0 Å². The molecule has 0 N–H and O–H groups in total. The summed E-state index contributed by atoms with van der Waals surface area (Å²) in [6.45, 7) is 3.66. The number of carbonyl (C=O) groups is 2. The van der Waals surface area contributed by atoms with Crippen molar-refractivity contribution in [3.8, 4) is 0 Å². The van der Waals surface area contributed by atoms with Gasteiger partial charge >= 0.3 is 5.97 Å². The number of ketones is 1. The molecule has 0 aromatic heterocycles. The van der Waals surface area contributed by atoms with Crippen molar-refractivity contribution in [2.75, 3.05) is 0 Å². The molecule has 106 valence electrons. The lowest BCUT2D eigenvalue weighted by molar-refractivity contribution is -0.152. The molecular formula is C17H20O3. The van der Waals surface area contributed by atoms with Crippen molar-refractivity contribution >= 4 is 11.8 Å². The van der Waals surface area contributed by atoms with Crippen molar-refractivity contribution in [3.63, 3.8) is 0 Å². The van der Waals surface area contributed by atoms with Gasteiger partial charge in [0, 0.05) is 18.4 Å². The van der Waals surface area contributed by atoms with Crippen LogP contribution in [-0.2, 0) is 19.9 Å². The summed E-state index contributed by atoms with van der Waals surface area (Å²) in [5.41, 5.74) is 0.141. The molecule has 3 heteroatoms. The molecule has 1 aliphatic rings. The van der Waals surface area contributed by atoms with Crippen molar-refractivity contribution in [2.24, 2.45) is 5.92 Å². The highest BCUT2D eigenvalue weighted by atomic mass is 16.6. The Labute approximate surface area is 119 Å². The van der Waals surface area contributed by atoms with E-state index in [1.54, 1.807) is 6.92 Å². The Morgan fingerprint density at radius 2 is 2.00 bits per heavy atom. The first-order valence-corrected chi connectivity index (χ1v) is 7.05. The molecule has 0 radical (unpaired) electrons. The molecule has 1 aromatic carbocycles. The summed E-state index contributed by atoms with van der Waals surface area (Å²) < 4.78 is 5.65. The van der Waals surface area contributed by atoms with Crippen LogP contribution in [0.15, 0.2) is 42.5 Å². The van der Waals surface area contributed by atoms with Crippen LogP contribution in [0.1, 0.15) is 38.7 Å². The van der Waals surface area contributed by atoms with Gasteiger partial charge in [-0.2, -0.15) is 0 Å². The van der Waals surface area contributed by atoms with E-state index in [1.165, 1.54) is 6.08 Å². The molecule has 0 bridgehead atoms. The van der Waals surface area contributed by atoms with Crippen LogP contribution in [0.4, 0.5) is 0 Å². The van der Waals surface area contributed by atoms with Crippen molar-refractivity contribution in [3.05, 3.63) is 48.0 Å². The molecule has 0 unspecified atom stereocenters. The largest absolute Gasteiger partial charge is 0.446 e. The molecule has 0 aliphatic carbocycles. The van der Waals surface area contributed by atoms with E-state index in [9.17, 15) is 9.59 Å². The Hall–Kier alpha value is -1.90. The Bertz CT molecular complexity index is 518. The van der Waals surface area contributed by atoms with Crippen molar-refractivity contribution in [1.82, 2.24) is 0 Å². The van der Waals surface area contributed by atoms with Gasteiger partial charge in [0.2, 0.25) is 0 Å². The second-order valence-corrected chi connectivity index (χ2v) is 5.31. The van der Waals surface area contributed by atoms with Crippen LogP contribution in [0.25, 0.3) is 0 Å². The fourth-order valence-electron chi connectivity index (χ4n) is 2.90. The first-order chi connectivity index (χ1) is 9.58. The SMILES string of the molecule is CCC[C@H](CC(C)=O)[C@]1(c2ccccc2)C=CC(=O)O1. The molecule has 2 atom stereocenters. The van der Waals surface area contributed by atoms with Crippen LogP contribution in [0.2, 0.25) is 0 Å². The molecule has 0 spiro atoms. The van der Waals surface area contributed by atoms with E-state index in [4.69, 9.17) is 4.74 Å². The normalized spacial score (nSPS) is 22.6. The molecule has 0 saturated heterocycles. The molecule has 2 rings (SSSR count). The van der Waals surface area contributed by atoms with Crippen LogP contribution < -0.4 is 0 Å². The summed E-state index contributed by atoms with van der Waals surface area (Å²) in [6.07, 6.45) is 5.48. The summed E-state index contributed by atoms with van der Waals surface area (Å²) in [7, 11) is 0. The number of benzene rings is 1. The number of Topliss-reactive ketones (excluding diaryl/α,β-unsaturated/α-hetero) is 1. The Morgan fingerprint density at radius 1 is 1.30 bits per heavy atom. The van der Waals surface area contributed by atoms with E-state index in [0.717, 1.165) is 18.4 Å². The Morgan fingerprint density at radius 3 is 2.50 bits per heavy atom. The summed E-state index contributed by atoms with van der Waals surface area (Å²) >= 11 is 0. The smallest absolute Gasteiger partial charge is 0.331 e. The minimum atomic E-state index is -0.792. The maximum Gasteiger partial charge on any atom is 0.331 e. The van der Waals surface area contributed by atoms with E-state index in [-0.39, 0.29) is 17.7 Å². The van der Waals surface area contributed by atoms with E-state index in [2.05, 4.69) is 6.92 Å². The average molecular weight is 272 g/mol. The summed E-state index contributed by atoms with van der Waals surface area (Å²) in [6, 6.07) is 9.68. The molecule has 20 heavy (non-hydrogen) atoms. The maximum absolute atomic E-state index is 11.6. The van der Waals surface area contributed by atoms with Crippen LogP contribution >= 0.6 is 0 Å². The van der Waals surface area contributed by atoms with E-state index >= 15 is 0 Å². The van der Waals surface area contributed by atoms with Gasteiger partial charge in [-0.25, -0.2) is 4.79 Å². The zero-order chi connectivity index (χ0) is 14.6. The highest BCUT2D eigenvalue weighted by molar-refractivity contribution is 5.86. The van der Waals surface area contributed by atoms with Crippen molar-refractivity contribution < 1.29 is 14.3 Å². The second-order valence-electron chi connectivity index (χ2n) is 5.31. The summed E-state index contributed by atoms with van der Waals surface area (Å²) in [4.78, 5) is 23.2. The number of ether oxygens (including phenoxy) is 1. The van der Waals surface area contributed by atoms with Crippen LogP contribution in [0.3, 0.4) is 0 Å². The lowest BCUT2D eigenvalue weighted by Gasteiger charge is -2.35. The lowest BCUT2D eigenvalue weighted by Crippen LogP contribution is -2.36. The molecule has 1 aromatic rings. The zero-order valence-corrected chi connectivity index (χ0v) is 12.0. The quantitative estimate of drug-likeness (QED) is 0.745. The van der Waals surface area contributed by atoms with Crippen LogP contribution in [0, 0.1) is 5.92 Å². The third-order valence-electron chi connectivity index (χ3n) is 3.74. The van der Waals surface area contributed by atoms with Gasteiger partial charge in [-0.15, -0.1) is 0 Å². The maximum atomic E-state index is 11.6. The van der Waals surface area contributed by atoms with Crippen molar-refractivity contribution in [1.29, 1.82) is 0 Å². The minimum absolute atomic E-state index is 0.0184. The Balaban J connectivity index is 2.43. The van der Waals surface area contributed by atoms with Gasteiger partial charge in [0.05, 0.1) is 0 Å². The summed E-state index contributed by atoms with van der Waals surface area (Å²) in [5.74, 6) is -0.233. The predicted molar refractivity (Wildman–Crippen MR) is 77.0 cm³/mol. The van der Waals surface area contributed by atoms with Gasteiger partial charge < -0.3 is 9.53 Å². The number of esters is 1. The fraction of sp³-hybridized carbons (Fsp3) is 0.412. The number of hydrogen-bond donors (Lipinski definition) is 0. The molecular weight excluding hydrogens is 252 g/mol. The van der Waals surface area contributed by atoms with Gasteiger partial charge in [0.1, 0.15) is 5.78 Å². The first kappa shape index (κ1) is 14.5. The molecule has 0 fully saturated rings. The monoisotopic (exact) mass is 272 g/mol. The number of carbonyl (C=O) groups excluding carboxylic acids is 2. The van der Waals surface area contributed by atoms with Crippen LogP contribution in [-0.4, -0.2) is 11.8 Å². The molecule has 1 heterocycles. The van der Waals surface area contributed by atoms with Crippen LogP contribution in [0.5, 0.6) is 0 Å².